The number of nitrogens with zero attached hydrogens (tertiary/aromatic N) is 1. The van der Waals surface area contributed by atoms with Crippen molar-refractivity contribution in [3.8, 4) is 0 Å². The minimum atomic E-state index is -2.75. The summed E-state index contributed by atoms with van der Waals surface area (Å²) >= 11 is -2.75. The van der Waals surface area contributed by atoms with Crippen molar-refractivity contribution in [2.75, 3.05) is 20.2 Å². The Bertz CT molecular complexity index is 432. The van der Waals surface area contributed by atoms with Gasteiger partial charge in [0.05, 0.1) is 0 Å². The summed E-state index contributed by atoms with van der Waals surface area (Å²) in [6.45, 7) is 7.31. The topological polar surface area (TPSA) is 21.7 Å². The molecule has 23 heavy (non-hydrogen) atoms. The Hall–Kier alpha value is -0.101. The third kappa shape index (κ3) is 6.37. The SMILES string of the molecule is CCC[CH2][Sn]1([CH2]CCC)[O]C[C@@H](CN(C)Cc2ccccc2)[O]1. The van der Waals surface area contributed by atoms with Crippen LogP contribution in [0.2, 0.25) is 8.87 Å². The normalized spacial score (nSPS) is 20.3. The molecule has 1 aromatic carbocycles. The first kappa shape index (κ1) is 19.2. The molecule has 0 bridgehead atoms. The molecule has 0 aliphatic carbocycles. The maximum absolute atomic E-state index is 6.61. The van der Waals surface area contributed by atoms with Gasteiger partial charge in [0.1, 0.15) is 0 Å². The molecule has 1 heterocycles. The van der Waals surface area contributed by atoms with Crippen LogP contribution in [0.1, 0.15) is 45.1 Å². The van der Waals surface area contributed by atoms with E-state index < -0.39 is 19.2 Å². The summed E-state index contributed by atoms with van der Waals surface area (Å²) < 4.78 is 15.5. The Kier molecular flexibility index (Phi) is 8.37. The van der Waals surface area contributed by atoms with E-state index in [1.165, 1.54) is 40.1 Å². The van der Waals surface area contributed by atoms with E-state index in [2.05, 4.69) is 56.1 Å². The zero-order valence-corrected chi connectivity index (χ0v) is 17.9. The molecule has 0 aromatic heterocycles. The van der Waals surface area contributed by atoms with Gasteiger partial charge in [-0.15, -0.1) is 0 Å². The van der Waals surface area contributed by atoms with E-state index in [9.17, 15) is 0 Å². The summed E-state index contributed by atoms with van der Waals surface area (Å²) in [5, 5.41) is 0. The Morgan fingerprint density at radius 3 is 2.35 bits per heavy atom. The summed E-state index contributed by atoms with van der Waals surface area (Å²) in [5.41, 5.74) is 1.36. The molecule has 0 radical (unpaired) electrons. The van der Waals surface area contributed by atoms with Gasteiger partial charge in [-0.3, -0.25) is 0 Å². The monoisotopic (exact) mass is 427 g/mol. The van der Waals surface area contributed by atoms with Gasteiger partial charge in [0.25, 0.3) is 0 Å². The molecule has 0 unspecified atom stereocenters. The number of rotatable bonds is 10. The number of benzene rings is 1. The Balaban J connectivity index is 1.84. The predicted molar refractivity (Wildman–Crippen MR) is 98.8 cm³/mol. The van der Waals surface area contributed by atoms with E-state index in [1.807, 2.05) is 0 Å². The third-order valence-electron chi connectivity index (χ3n) is 4.55. The van der Waals surface area contributed by atoms with Crippen molar-refractivity contribution in [2.45, 2.75) is 61.1 Å². The molecular formula is C19H33NO2Sn. The van der Waals surface area contributed by atoms with Gasteiger partial charge in [0.15, 0.2) is 0 Å². The van der Waals surface area contributed by atoms with Crippen molar-refractivity contribution in [3.05, 3.63) is 35.9 Å². The van der Waals surface area contributed by atoms with Crippen LogP contribution in [0.4, 0.5) is 0 Å². The van der Waals surface area contributed by atoms with Crippen molar-refractivity contribution in [2.24, 2.45) is 0 Å². The maximum atomic E-state index is 6.61. The van der Waals surface area contributed by atoms with Gasteiger partial charge in [-0.1, -0.05) is 0 Å². The first-order valence-corrected chi connectivity index (χ1v) is 15.6. The van der Waals surface area contributed by atoms with E-state index in [1.54, 1.807) is 0 Å². The van der Waals surface area contributed by atoms with Crippen LogP contribution in [0.15, 0.2) is 30.3 Å². The van der Waals surface area contributed by atoms with Crippen LogP contribution < -0.4 is 0 Å². The Morgan fingerprint density at radius 2 is 1.74 bits per heavy atom. The second kappa shape index (κ2) is 10.0. The van der Waals surface area contributed by atoms with Crippen molar-refractivity contribution in [1.29, 1.82) is 0 Å². The molecule has 3 nitrogen and oxygen atoms in total. The molecule has 1 fully saturated rings. The Labute approximate surface area is 147 Å². The zero-order valence-electron chi connectivity index (χ0n) is 15.1. The molecule has 4 heteroatoms. The van der Waals surface area contributed by atoms with Crippen LogP contribution in [0.3, 0.4) is 0 Å². The molecule has 130 valence electrons. The molecule has 0 saturated carbocycles. The van der Waals surface area contributed by atoms with E-state index >= 15 is 0 Å². The van der Waals surface area contributed by atoms with Crippen molar-refractivity contribution in [1.82, 2.24) is 4.90 Å². The molecule has 1 aliphatic heterocycles. The summed E-state index contributed by atoms with van der Waals surface area (Å²) in [7, 11) is 2.18. The van der Waals surface area contributed by atoms with Gasteiger partial charge in [0, 0.05) is 0 Å². The summed E-state index contributed by atoms with van der Waals surface area (Å²) in [5.74, 6) is 0. The van der Waals surface area contributed by atoms with Gasteiger partial charge < -0.3 is 0 Å². The standard InChI is InChI=1S/C11H15NO2.2C4H9.Sn/c1-12(8-11(14)9-13)7-10-5-3-2-4-6-10;2*1-3-4-2;/h2-6,11H,7-9H2,1H3;2*1,3-4H2,2H3;/q-2;;;+2/t11-;;;/m1.../s1. The van der Waals surface area contributed by atoms with Gasteiger partial charge >= 0.3 is 147 Å². The van der Waals surface area contributed by atoms with Crippen molar-refractivity contribution >= 4 is 19.2 Å². The Morgan fingerprint density at radius 1 is 1.09 bits per heavy atom. The average molecular weight is 426 g/mol. The number of likely N-dealkylation sites (N-methyl/N-ethyl adjacent to an activating group) is 1. The van der Waals surface area contributed by atoms with Crippen molar-refractivity contribution in [3.63, 3.8) is 0 Å². The number of hydrogen-bond donors (Lipinski definition) is 0. The van der Waals surface area contributed by atoms with Crippen molar-refractivity contribution < 1.29 is 6.15 Å². The molecule has 1 atom stereocenters. The summed E-state index contributed by atoms with van der Waals surface area (Å²) in [4.78, 5) is 2.37. The molecular weight excluding hydrogens is 393 g/mol. The van der Waals surface area contributed by atoms with Crippen LogP contribution in [0, 0.1) is 0 Å². The number of unbranched alkanes of at least 4 members (excludes halogenated alkanes) is 2. The van der Waals surface area contributed by atoms with Crippen LogP contribution in [0.5, 0.6) is 0 Å². The van der Waals surface area contributed by atoms with Gasteiger partial charge in [-0.2, -0.15) is 0 Å². The van der Waals surface area contributed by atoms with E-state index in [0.29, 0.717) is 0 Å². The summed E-state index contributed by atoms with van der Waals surface area (Å²) in [6.07, 6.45) is 5.32. The van der Waals surface area contributed by atoms with E-state index in [-0.39, 0.29) is 6.10 Å². The van der Waals surface area contributed by atoms with Gasteiger partial charge in [-0.05, 0) is 0 Å². The minimum absolute atomic E-state index is 0.285. The van der Waals surface area contributed by atoms with Crippen LogP contribution in [-0.2, 0) is 12.7 Å². The summed E-state index contributed by atoms with van der Waals surface area (Å²) in [6, 6.07) is 10.7. The average Bonchev–Trinajstić information content (AvgIpc) is 2.95. The van der Waals surface area contributed by atoms with E-state index in [0.717, 1.165) is 19.7 Å². The third-order valence-corrected chi connectivity index (χ3v) is 15.1. The molecule has 1 aliphatic rings. The second-order valence-corrected chi connectivity index (χ2v) is 16.4. The molecule has 0 spiro atoms. The molecule has 0 N–H and O–H groups in total. The molecule has 2 rings (SSSR count). The van der Waals surface area contributed by atoms with Crippen LogP contribution in [-0.4, -0.2) is 50.4 Å². The van der Waals surface area contributed by atoms with Crippen LogP contribution >= 0.6 is 0 Å². The zero-order chi connectivity index (χ0) is 16.5. The quantitative estimate of drug-likeness (QED) is 0.512. The van der Waals surface area contributed by atoms with Gasteiger partial charge in [-0.25, -0.2) is 0 Å². The first-order valence-electron chi connectivity index (χ1n) is 9.21. The first-order chi connectivity index (χ1) is 11.2. The second-order valence-electron chi connectivity index (χ2n) is 6.85. The molecule has 1 saturated heterocycles. The van der Waals surface area contributed by atoms with Gasteiger partial charge in [0.2, 0.25) is 0 Å². The molecule has 1 aromatic rings. The fraction of sp³-hybridized carbons (Fsp3) is 0.684. The van der Waals surface area contributed by atoms with Crippen LogP contribution in [0.25, 0.3) is 0 Å². The predicted octanol–water partition coefficient (Wildman–Crippen LogP) is 4.58. The van der Waals surface area contributed by atoms with E-state index in [4.69, 9.17) is 6.15 Å². The molecule has 0 amide bonds. The fourth-order valence-electron chi connectivity index (χ4n) is 3.29. The fourth-order valence-corrected chi connectivity index (χ4v) is 14.3. The number of hydrogen-bond acceptors (Lipinski definition) is 3.